The van der Waals surface area contributed by atoms with Crippen LogP contribution in [0.5, 0.6) is 5.75 Å². The van der Waals surface area contributed by atoms with E-state index in [2.05, 4.69) is 5.32 Å². The number of methoxy groups -OCH3 is 1. The van der Waals surface area contributed by atoms with Crippen LogP contribution < -0.4 is 10.1 Å². The number of benzene rings is 1. The number of ether oxygens (including phenoxy) is 2. The molecule has 0 amide bonds. The van der Waals surface area contributed by atoms with Crippen molar-refractivity contribution in [2.75, 3.05) is 26.9 Å². The van der Waals surface area contributed by atoms with Crippen LogP contribution in [-0.2, 0) is 4.74 Å². The first-order valence-electron chi connectivity index (χ1n) is 7.23. The summed E-state index contributed by atoms with van der Waals surface area (Å²) in [5, 5.41) is 13.7. The number of rotatable bonds is 9. The summed E-state index contributed by atoms with van der Waals surface area (Å²) in [6, 6.07) is 5.79. The van der Waals surface area contributed by atoms with E-state index < -0.39 is 6.10 Å². The van der Waals surface area contributed by atoms with Gasteiger partial charge in [-0.15, -0.1) is 0 Å². The van der Waals surface area contributed by atoms with Crippen molar-refractivity contribution in [3.05, 3.63) is 29.3 Å². The molecule has 1 aromatic carbocycles. The van der Waals surface area contributed by atoms with Gasteiger partial charge in [-0.2, -0.15) is 0 Å². The lowest BCUT2D eigenvalue weighted by Crippen LogP contribution is -2.33. The van der Waals surface area contributed by atoms with Crippen molar-refractivity contribution >= 4 is 0 Å². The summed E-state index contributed by atoms with van der Waals surface area (Å²) in [4.78, 5) is 0. The van der Waals surface area contributed by atoms with Crippen molar-refractivity contribution in [1.29, 1.82) is 0 Å². The van der Waals surface area contributed by atoms with Crippen LogP contribution in [0.3, 0.4) is 0 Å². The molecule has 0 bridgehead atoms. The van der Waals surface area contributed by atoms with E-state index in [1.54, 1.807) is 7.11 Å². The maximum absolute atomic E-state index is 10.3. The zero-order valence-electron chi connectivity index (χ0n) is 13.0. The fourth-order valence-electron chi connectivity index (χ4n) is 2.13. The molecule has 4 heteroatoms. The number of aliphatic hydroxyl groups excluding tert-OH is 1. The first-order valence-corrected chi connectivity index (χ1v) is 7.23. The van der Waals surface area contributed by atoms with Crippen molar-refractivity contribution < 1.29 is 14.6 Å². The Morgan fingerprint density at radius 3 is 2.70 bits per heavy atom. The highest BCUT2D eigenvalue weighted by Gasteiger charge is 2.16. The average molecular weight is 281 g/mol. The first kappa shape index (κ1) is 17.0. The highest BCUT2D eigenvalue weighted by molar-refractivity contribution is 5.37. The van der Waals surface area contributed by atoms with E-state index in [-0.39, 0.29) is 6.04 Å². The SMILES string of the molecule is CCOCCCNC(C)C(O)c1ccc(OC)c(C)c1. The van der Waals surface area contributed by atoms with Crippen molar-refractivity contribution in [3.8, 4) is 5.75 Å². The highest BCUT2D eigenvalue weighted by Crippen LogP contribution is 2.24. The van der Waals surface area contributed by atoms with Crippen LogP contribution in [0, 0.1) is 6.92 Å². The van der Waals surface area contributed by atoms with Gasteiger partial charge in [0.1, 0.15) is 5.75 Å². The molecular weight excluding hydrogens is 254 g/mol. The van der Waals surface area contributed by atoms with Crippen LogP contribution in [0.25, 0.3) is 0 Å². The quantitative estimate of drug-likeness (QED) is 0.683. The smallest absolute Gasteiger partial charge is 0.121 e. The second-order valence-electron chi connectivity index (χ2n) is 4.97. The summed E-state index contributed by atoms with van der Waals surface area (Å²) in [5.74, 6) is 0.846. The molecule has 114 valence electrons. The topological polar surface area (TPSA) is 50.7 Å². The normalized spacial score (nSPS) is 14.1. The largest absolute Gasteiger partial charge is 0.496 e. The summed E-state index contributed by atoms with van der Waals surface area (Å²) < 4.78 is 10.5. The predicted molar refractivity (Wildman–Crippen MR) is 81.3 cm³/mol. The van der Waals surface area contributed by atoms with Crippen LogP contribution in [0.2, 0.25) is 0 Å². The van der Waals surface area contributed by atoms with Crippen LogP contribution in [0.4, 0.5) is 0 Å². The molecule has 0 saturated carbocycles. The van der Waals surface area contributed by atoms with Crippen LogP contribution >= 0.6 is 0 Å². The Morgan fingerprint density at radius 1 is 1.35 bits per heavy atom. The van der Waals surface area contributed by atoms with Gasteiger partial charge in [0.2, 0.25) is 0 Å². The molecule has 2 atom stereocenters. The number of aryl methyl sites for hydroxylation is 1. The predicted octanol–water partition coefficient (Wildman–Crippen LogP) is 2.44. The van der Waals surface area contributed by atoms with E-state index in [0.717, 1.165) is 43.1 Å². The standard InChI is InChI=1S/C16H27NO3/c1-5-20-10-6-9-17-13(3)16(18)14-7-8-15(19-4)12(2)11-14/h7-8,11,13,16-18H,5-6,9-10H2,1-4H3. The van der Waals surface area contributed by atoms with Gasteiger partial charge < -0.3 is 19.9 Å². The molecule has 4 nitrogen and oxygen atoms in total. The second-order valence-corrected chi connectivity index (χ2v) is 4.97. The number of hydrogen-bond donors (Lipinski definition) is 2. The summed E-state index contributed by atoms with van der Waals surface area (Å²) in [6.07, 6.45) is 0.429. The van der Waals surface area contributed by atoms with Crippen molar-refractivity contribution in [2.24, 2.45) is 0 Å². The third-order valence-electron chi connectivity index (χ3n) is 3.37. The highest BCUT2D eigenvalue weighted by atomic mass is 16.5. The number of hydrogen-bond acceptors (Lipinski definition) is 4. The van der Waals surface area contributed by atoms with Gasteiger partial charge in [-0.1, -0.05) is 6.07 Å². The molecule has 0 aliphatic rings. The Morgan fingerprint density at radius 2 is 2.10 bits per heavy atom. The molecule has 0 aliphatic heterocycles. The molecule has 0 fully saturated rings. The Balaban J connectivity index is 2.47. The average Bonchev–Trinajstić information content (AvgIpc) is 2.46. The zero-order valence-corrected chi connectivity index (χ0v) is 13.0. The van der Waals surface area contributed by atoms with Gasteiger partial charge in [0, 0.05) is 19.3 Å². The number of aliphatic hydroxyl groups is 1. The molecule has 0 saturated heterocycles. The molecular formula is C16H27NO3. The van der Waals surface area contributed by atoms with E-state index >= 15 is 0 Å². The van der Waals surface area contributed by atoms with E-state index in [1.807, 2.05) is 39.0 Å². The van der Waals surface area contributed by atoms with Crippen LogP contribution in [0.1, 0.15) is 37.5 Å². The molecule has 1 aromatic rings. The monoisotopic (exact) mass is 281 g/mol. The Kier molecular flexibility index (Phi) is 7.59. The fourth-order valence-corrected chi connectivity index (χ4v) is 2.13. The molecule has 0 radical (unpaired) electrons. The van der Waals surface area contributed by atoms with Gasteiger partial charge in [0.05, 0.1) is 13.2 Å². The first-order chi connectivity index (χ1) is 9.60. The summed E-state index contributed by atoms with van der Waals surface area (Å²) in [7, 11) is 1.65. The zero-order chi connectivity index (χ0) is 15.0. The van der Waals surface area contributed by atoms with Gasteiger partial charge in [0.25, 0.3) is 0 Å². The molecule has 0 aliphatic carbocycles. The Labute approximate surface area is 122 Å². The lowest BCUT2D eigenvalue weighted by molar-refractivity contribution is 0.125. The Hall–Kier alpha value is -1.10. The summed E-state index contributed by atoms with van der Waals surface area (Å²) in [5.41, 5.74) is 1.95. The molecule has 0 spiro atoms. The van der Waals surface area contributed by atoms with Crippen LogP contribution in [0.15, 0.2) is 18.2 Å². The minimum atomic E-state index is -0.522. The van der Waals surface area contributed by atoms with Crippen molar-refractivity contribution in [3.63, 3.8) is 0 Å². The molecule has 1 rings (SSSR count). The minimum Gasteiger partial charge on any atom is -0.496 e. The Bertz CT molecular complexity index is 395. The third kappa shape index (κ3) is 5.12. The van der Waals surface area contributed by atoms with Gasteiger partial charge in [0.15, 0.2) is 0 Å². The summed E-state index contributed by atoms with van der Waals surface area (Å²) in [6.45, 7) is 8.32. The van der Waals surface area contributed by atoms with Gasteiger partial charge in [-0.25, -0.2) is 0 Å². The minimum absolute atomic E-state index is 0.00409. The molecule has 0 heterocycles. The maximum Gasteiger partial charge on any atom is 0.121 e. The van der Waals surface area contributed by atoms with Gasteiger partial charge in [-0.3, -0.25) is 0 Å². The van der Waals surface area contributed by atoms with E-state index in [0.29, 0.717) is 0 Å². The van der Waals surface area contributed by atoms with E-state index in [4.69, 9.17) is 9.47 Å². The van der Waals surface area contributed by atoms with Gasteiger partial charge >= 0.3 is 0 Å². The molecule has 2 N–H and O–H groups in total. The van der Waals surface area contributed by atoms with Crippen molar-refractivity contribution in [2.45, 2.75) is 39.3 Å². The maximum atomic E-state index is 10.3. The molecule has 0 aromatic heterocycles. The van der Waals surface area contributed by atoms with E-state index in [1.165, 1.54) is 0 Å². The second kappa shape index (κ2) is 8.95. The van der Waals surface area contributed by atoms with Gasteiger partial charge in [-0.05, 0) is 57.0 Å². The van der Waals surface area contributed by atoms with Crippen LogP contribution in [-0.4, -0.2) is 38.0 Å². The number of nitrogens with one attached hydrogen (secondary N) is 1. The summed E-state index contributed by atoms with van der Waals surface area (Å²) >= 11 is 0. The van der Waals surface area contributed by atoms with Crippen molar-refractivity contribution in [1.82, 2.24) is 5.32 Å². The third-order valence-corrected chi connectivity index (χ3v) is 3.37. The molecule has 20 heavy (non-hydrogen) atoms. The fraction of sp³-hybridized carbons (Fsp3) is 0.625. The lowest BCUT2D eigenvalue weighted by Gasteiger charge is -2.21. The lowest BCUT2D eigenvalue weighted by atomic mass is 10.0. The van der Waals surface area contributed by atoms with E-state index in [9.17, 15) is 5.11 Å². The molecule has 2 unspecified atom stereocenters.